The highest BCUT2D eigenvalue weighted by Gasteiger charge is 2.33. The summed E-state index contributed by atoms with van der Waals surface area (Å²) in [5.41, 5.74) is 0.885. The molecule has 2 unspecified atom stereocenters. The van der Waals surface area contributed by atoms with Gasteiger partial charge in [-0.05, 0) is 48.8 Å². The fourth-order valence-electron chi connectivity index (χ4n) is 3.19. The average Bonchev–Trinajstić information content (AvgIpc) is 2.29. The number of halogens is 1. The number of hydrogen-bond donors (Lipinski definition) is 0. The average molecular weight is 278 g/mol. The van der Waals surface area contributed by atoms with Crippen molar-refractivity contribution in [3.8, 4) is 11.8 Å². The maximum atomic E-state index is 8.83. The Morgan fingerprint density at radius 3 is 2.68 bits per heavy atom. The Morgan fingerprint density at radius 1 is 1.37 bits per heavy atom. The van der Waals surface area contributed by atoms with Crippen molar-refractivity contribution in [2.24, 2.45) is 11.3 Å². The first-order valence-electron chi connectivity index (χ1n) is 6.76. The molecule has 0 spiro atoms. The highest BCUT2D eigenvalue weighted by molar-refractivity contribution is 6.32. The molecule has 1 aromatic carbocycles. The lowest BCUT2D eigenvalue weighted by molar-refractivity contribution is 0.0563. The van der Waals surface area contributed by atoms with Crippen molar-refractivity contribution in [2.45, 2.75) is 46.1 Å². The molecule has 0 radical (unpaired) electrons. The van der Waals surface area contributed by atoms with E-state index in [0.29, 0.717) is 27.7 Å². The number of nitriles is 1. The molecule has 1 aliphatic carbocycles. The van der Waals surface area contributed by atoms with Crippen LogP contribution in [-0.4, -0.2) is 6.10 Å². The summed E-state index contributed by atoms with van der Waals surface area (Å²) in [6.45, 7) is 6.86. The molecular formula is C16H20ClNO. The summed E-state index contributed by atoms with van der Waals surface area (Å²) in [6, 6.07) is 7.29. The van der Waals surface area contributed by atoms with Crippen LogP contribution in [-0.2, 0) is 0 Å². The molecule has 1 aromatic rings. The van der Waals surface area contributed by atoms with Gasteiger partial charge >= 0.3 is 0 Å². The second-order valence-electron chi connectivity index (χ2n) is 6.41. The number of hydrogen-bond acceptors (Lipinski definition) is 2. The first kappa shape index (κ1) is 14.2. The highest BCUT2D eigenvalue weighted by Crippen LogP contribution is 2.40. The molecule has 19 heavy (non-hydrogen) atoms. The van der Waals surface area contributed by atoms with E-state index in [1.165, 1.54) is 6.42 Å². The van der Waals surface area contributed by atoms with Crippen LogP contribution < -0.4 is 4.74 Å². The monoisotopic (exact) mass is 277 g/mol. The van der Waals surface area contributed by atoms with E-state index in [9.17, 15) is 0 Å². The van der Waals surface area contributed by atoms with Gasteiger partial charge in [-0.2, -0.15) is 5.26 Å². The Morgan fingerprint density at radius 2 is 2.11 bits per heavy atom. The molecule has 2 rings (SSSR count). The quantitative estimate of drug-likeness (QED) is 0.777. The standard InChI is InChI=1S/C16H20ClNO/c1-11-6-13(9-16(2,3)8-11)19-15-5-4-12(10-18)7-14(15)17/h4-5,7,11,13H,6,8-9H2,1-3H3. The minimum Gasteiger partial charge on any atom is -0.489 e. The summed E-state index contributed by atoms with van der Waals surface area (Å²) in [6.07, 6.45) is 3.57. The van der Waals surface area contributed by atoms with Crippen molar-refractivity contribution >= 4 is 11.6 Å². The van der Waals surface area contributed by atoms with Gasteiger partial charge in [0.2, 0.25) is 0 Å². The van der Waals surface area contributed by atoms with Gasteiger partial charge in [0, 0.05) is 0 Å². The molecule has 0 aliphatic heterocycles. The van der Waals surface area contributed by atoms with Crippen LogP contribution in [0.4, 0.5) is 0 Å². The molecule has 102 valence electrons. The maximum Gasteiger partial charge on any atom is 0.138 e. The SMILES string of the molecule is CC1CC(Oc2ccc(C#N)cc2Cl)CC(C)(C)C1. The van der Waals surface area contributed by atoms with Gasteiger partial charge in [-0.1, -0.05) is 32.4 Å². The fourth-order valence-corrected chi connectivity index (χ4v) is 3.42. The molecule has 0 heterocycles. The molecular weight excluding hydrogens is 258 g/mol. The largest absolute Gasteiger partial charge is 0.489 e. The molecule has 0 aromatic heterocycles. The lowest BCUT2D eigenvalue weighted by Crippen LogP contribution is -2.34. The number of nitrogens with zero attached hydrogens (tertiary/aromatic N) is 1. The van der Waals surface area contributed by atoms with Gasteiger partial charge in [0.25, 0.3) is 0 Å². The lowest BCUT2D eigenvalue weighted by Gasteiger charge is -2.38. The van der Waals surface area contributed by atoms with Crippen molar-refractivity contribution in [1.29, 1.82) is 5.26 Å². The predicted octanol–water partition coefficient (Wildman–Crippen LogP) is 4.81. The summed E-state index contributed by atoms with van der Waals surface area (Å²) in [5.74, 6) is 1.36. The van der Waals surface area contributed by atoms with Gasteiger partial charge in [0.1, 0.15) is 5.75 Å². The minimum absolute atomic E-state index is 0.212. The van der Waals surface area contributed by atoms with Crippen LogP contribution in [0.2, 0.25) is 5.02 Å². The van der Waals surface area contributed by atoms with E-state index in [-0.39, 0.29) is 6.10 Å². The Labute approximate surface area is 120 Å². The van der Waals surface area contributed by atoms with Gasteiger partial charge < -0.3 is 4.74 Å². The van der Waals surface area contributed by atoms with Crippen LogP contribution >= 0.6 is 11.6 Å². The zero-order chi connectivity index (χ0) is 14.0. The van der Waals surface area contributed by atoms with E-state index in [2.05, 4.69) is 26.8 Å². The van der Waals surface area contributed by atoms with E-state index in [4.69, 9.17) is 21.6 Å². The Hall–Kier alpha value is -1.20. The summed E-state index contributed by atoms with van der Waals surface area (Å²) in [7, 11) is 0. The third kappa shape index (κ3) is 3.64. The number of benzene rings is 1. The number of rotatable bonds is 2. The van der Waals surface area contributed by atoms with Crippen LogP contribution in [0.5, 0.6) is 5.75 Å². The molecule has 3 heteroatoms. The Balaban J connectivity index is 2.11. The zero-order valence-electron chi connectivity index (χ0n) is 11.7. The van der Waals surface area contributed by atoms with Crippen molar-refractivity contribution in [3.05, 3.63) is 28.8 Å². The lowest BCUT2D eigenvalue weighted by atomic mass is 9.71. The minimum atomic E-state index is 0.212. The second-order valence-corrected chi connectivity index (χ2v) is 6.82. The molecule has 0 N–H and O–H groups in total. The zero-order valence-corrected chi connectivity index (χ0v) is 12.5. The van der Waals surface area contributed by atoms with E-state index in [0.717, 1.165) is 12.8 Å². The summed E-state index contributed by atoms with van der Waals surface area (Å²) in [5, 5.41) is 9.35. The second kappa shape index (κ2) is 5.43. The van der Waals surface area contributed by atoms with Gasteiger partial charge in [0.05, 0.1) is 22.8 Å². The van der Waals surface area contributed by atoms with Gasteiger partial charge in [-0.3, -0.25) is 0 Å². The summed E-state index contributed by atoms with van der Waals surface area (Å²) >= 11 is 6.16. The van der Waals surface area contributed by atoms with Crippen LogP contribution in [0, 0.1) is 22.7 Å². The van der Waals surface area contributed by atoms with Crippen LogP contribution in [0.1, 0.15) is 45.6 Å². The van der Waals surface area contributed by atoms with Crippen LogP contribution in [0.3, 0.4) is 0 Å². The summed E-state index contributed by atoms with van der Waals surface area (Å²) < 4.78 is 6.05. The molecule has 0 saturated heterocycles. The molecule has 1 fully saturated rings. The maximum absolute atomic E-state index is 8.83. The van der Waals surface area contributed by atoms with Crippen LogP contribution in [0.15, 0.2) is 18.2 Å². The van der Waals surface area contributed by atoms with Gasteiger partial charge in [-0.15, -0.1) is 0 Å². The van der Waals surface area contributed by atoms with E-state index >= 15 is 0 Å². The molecule has 1 aliphatic rings. The summed E-state index contributed by atoms with van der Waals surface area (Å²) in [4.78, 5) is 0. The highest BCUT2D eigenvalue weighted by atomic mass is 35.5. The van der Waals surface area contributed by atoms with Crippen molar-refractivity contribution in [3.63, 3.8) is 0 Å². The molecule has 0 amide bonds. The van der Waals surface area contributed by atoms with Crippen LogP contribution in [0.25, 0.3) is 0 Å². The van der Waals surface area contributed by atoms with Crippen molar-refractivity contribution in [2.75, 3.05) is 0 Å². The van der Waals surface area contributed by atoms with Gasteiger partial charge in [0.15, 0.2) is 0 Å². The molecule has 0 bridgehead atoms. The van der Waals surface area contributed by atoms with E-state index < -0.39 is 0 Å². The normalized spacial score (nSPS) is 25.6. The van der Waals surface area contributed by atoms with Gasteiger partial charge in [-0.25, -0.2) is 0 Å². The number of ether oxygens (including phenoxy) is 1. The first-order chi connectivity index (χ1) is 8.89. The Kier molecular flexibility index (Phi) is 4.06. The van der Waals surface area contributed by atoms with Crippen molar-refractivity contribution in [1.82, 2.24) is 0 Å². The van der Waals surface area contributed by atoms with Crippen molar-refractivity contribution < 1.29 is 4.74 Å². The molecule has 2 atom stereocenters. The molecule has 2 nitrogen and oxygen atoms in total. The first-order valence-corrected chi connectivity index (χ1v) is 7.14. The van der Waals surface area contributed by atoms with E-state index in [1.807, 2.05) is 0 Å². The smallest absolute Gasteiger partial charge is 0.138 e. The fraction of sp³-hybridized carbons (Fsp3) is 0.562. The van der Waals surface area contributed by atoms with E-state index in [1.54, 1.807) is 18.2 Å². The third-order valence-electron chi connectivity index (χ3n) is 3.70. The predicted molar refractivity (Wildman–Crippen MR) is 77.4 cm³/mol. The topological polar surface area (TPSA) is 33.0 Å². The Bertz CT molecular complexity index is 504. The third-order valence-corrected chi connectivity index (χ3v) is 4.00. The molecule has 1 saturated carbocycles.